The van der Waals surface area contributed by atoms with Crippen molar-refractivity contribution in [1.82, 2.24) is 10.2 Å². The molecule has 1 rings (SSSR count). The van der Waals surface area contributed by atoms with Gasteiger partial charge in [-0.2, -0.15) is 0 Å². The lowest BCUT2D eigenvalue weighted by Crippen LogP contribution is -2.41. The number of rotatable bonds is 9. The number of carbonyl (C=O) groups excluding carboxylic acids is 1. The first kappa shape index (κ1) is 17.4. The van der Waals surface area contributed by atoms with E-state index in [1.165, 1.54) is 39.5 Å². The summed E-state index contributed by atoms with van der Waals surface area (Å²) in [5, 5.41) is 3.29. The third kappa shape index (κ3) is 4.74. The predicted octanol–water partition coefficient (Wildman–Crippen LogP) is 2.43. The SMILES string of the molecule is CCCNC(CCN1CCC(CC)(CC)C1)C(=O)OC. The van der Waals surface area contributed by atoms with E-state index in [2.05, 4.69) is 31.0 Å². The summed E-state index contributed by atoms with van der Waals surface area (Å²) in [7, 11) is 1.47. The van der Waals surface area contributed by atoms with Crippen LogP contribution in [0.15, 0.2) is 0 Å². The standard InChI is InChI=1S/C16H32N2O2/c1-5-10-17-14(15(19)20-4)8-11-18-12-9-16(6-2,7-3)13-18/h14,17H,5-13H2,1-4H3. The van der Waals surface area contributed by atoms with Crippen molar-refractivity contribution in [1.29, 1.82) is 0 Å². The zero-order valence-electron chi connectivity index (χ0n) is 13.7. The highest BCUT2D eigenvalue weighted by Gasteiger charge is 2.35. The molecule has 1 unspecified atom stereocenters. The number of nitrogens with zero attached hydrogens (tertiary/aromatic N) is 1. The number of nitrogens with one attached hydrogen (secondary N) is 1. The first-order chi connectivity index (χ1) is 9.60. The van der Waals surface area contributed by atoms with Crippen LogP contribution in [0.25, 0.3) is 0 Å². The van der Waals surface area contributed by atoms with Crippen LogP contribution in [0, 0.1) is 5.41 Å². The molecule has 0 aliphatic carbocycles. The lowest BCUT2D eigenvalue weighted by atomic mass is 9.82. The van der Waals surface area contributed by atoms with Gasteiger partial charge in [0.15, 0.2) is 0 Å². The molecule has 1 saturated heterocycles. The molecule has 0 saturated carbocycles. The number of ether oxygens (including phenoxy) is 1. The molecule has 1 fully saturated rings. The van der Waals surface area contributed by atoms with Crippen LogP contribution in [-0.2, 0) is 9.53 Å². The van der Waals surface area contributed by atoms with E-state index in [0.29, 0.717) is 5.41 Å². The monoisotopic (exact) mass is 284 g/mol. The maximum atomic E-state index is 11.8. The normalized spacial score (nSPS) is 20.0. The maximum absolute atomic E-state index is 11.8. The first-order valence-corrected chi connectivity index (χ1v) is 8.14. The third-order valence-electron chi connectivity index (χ3n) is 4.88. The molecule has 0 aromatic rings. The minimum atomic E-state index is -0.154. The second kappa shape index (κ2) is 8.63. The average Bonchev–Trinajstić information content (AvgIpc) is 2.91. The number of hydrogen-bond acceptors (Lipinski definition) is 4. The Bertz CT molecular complexity index is 290. The smallest absolute Gasteiger partial charge is 0.322 e. The summed E-state index contributed by atoms with van der Waals surface area (Å²) in [5.41, 5.74) is 0.512. The van der Waals surface area contributed by atoms with Crippen molar-refractivity contribution in [2.24, 2.45) is 5.41 Å². The molecule has 0 radical (unpaired) electrons. The summed E-state index contributed by atoms with van der Waals surface area (Å²) in [5.74, 6) is -0.130. The van der Waals surface area contributed by atoms with Crippen LogP contribution in [-0.4, -0.2) is 50.2 Å². The van der Waals surface area contributed by atoms with Gasteiger partial charge in [-0.3, -0.25) is 4.79 Å². The van der Waals surface area contributed by atoms with Crippen molar-refractivity contribution < 1.29 is 9.53 Å². The van der Waals surface area contributed by atoms with Crippen molar-refractivity contribution in [3.63, 3.8) is 0 Å². The molecule has 0 aromatic heterocycles. The van der Waals surface area contributed by atoms with Gasteiger partial charge in [0.1, 0.15) is 6.04 Å². The van der Waals surface area contributed by atoms with Crippen molar-refractivity contribution >= 4 is 5.97 Å². The van der Waals surface area contributed by atoms with Gasteiger partial charge in [-0.1, -0.05) is 20.8 Å². The van der Waals surface area contributed by atoms with Gasteiger partial charge < -0.3 is 15.0 Å². The zero-order valence-corrected chi connectivity index (χ0v) is 13.7. The Labute approximate surface area is 124 Å². The van der Waals surface area contributed by atoms with Gasteiger partial charge in [0.25, 0.3) is 0 Å². The van der Waals surface area contributed by atoms with Crippen molar-refractivity contribution in [2.75, 3.05) is 33.3 Å². The van der Waals surface area contributed by atoms with Crippen LogP contribution in [0.3, 0.4) is 0 Å². The Balaban J connectivity index is 2.42. The Morgan fingerprint density at radius 1 is 1.35 bits per heavy atom. The van der Waals surface area contributed by atoms with Crippen LogP contribution >= 0.6 is 0 Å². The van der Waals surface area contributed by atoms with Crippen molar-refractivity contribution in [3.05, 3.63) is 0 Å². The van der Waals surface area contributed by atoms with E-state index >= 15 is 0 Å². The quantitative estimate of drug-likeness (QED) is 0.660. The molecule has 0 bridgehead atoms. The third-order valence-corrected chi connectivity index (χ3v) is 4.88. The lowest BCUT2D eigenvalue weighted by Gasteiger charge is -2.27. The molecule has 1 N–H and O–H groups in total. The number of hydrogen-bond donors (Lipinski definition) is 1. The molecular formula is C16H32N2O2. The van der Waals surface area contributed by atoms with E-state index in [1.54, 1.807) is 0 Å². The second-order valence-electron chi connectivity index (χ2n) is 6.05. The minimum Gasteiger partial charge on any atom is -0.468 e. The maximum Gasteiger partial charge on any atom is 0.322 e. The van der Waals surface area contributed by atoms with Crippen molar-refractivity contribution in [3.8, 4) is 0 Å². The molecule has 118 valence electrons. The summed E-state index contributed by atoms with van der Waals surface area (Å²) in [6, 6.07) is -0.154. The molecule has 0 aromatic carbocycles. The molecule has 1 aliphatic rings. The van der Waals surface area contributed by atoms with Crippen LogP contribution < -0.4 is 5.32 Å². The molecule has 0 amide bonds. The van der Waals surface area contributed by atoms with Crippen LogP contribution in [0.5, 0.6) is 0 Å². The van der Waals surface area contributed by atoms with Gasteiger partial charge in [0, 0.05) is 13.1 Å². The van der Waals surface area contributed by atoms with Crippen molar-refractivity contribution in [2.45, 2.75) is 58.9 Å². The summed E-state index contributed by atoms with van der Waals surface area (Å²) in [4.78, 5) is 14.3. The fraction of sp³-hybridized carbons (Fsp3) is 0.938. The highest BCUT2D eigenvalue weighted by atomic mass is 16.5. The van der Waals surface area contributed by atoms with Gasteiger partial charge in [0.2, 0.25) is 0 Å². The van der Waals surface area contributed by atoms with Crippen LogP contribution in [0.2, 0.25) is 0 Å². The Morgan fingerprint density at radius 2 is 2.05 bits per heavy atom. The molecule has 20 heavy (non-hydrogen) atoms. The molecule has 1 aliphatic heterocycles. The lowest BCUT2D eigenvalue weighted by molar-refractivity contribution is -0.143. The number of carbonyl (C=O) groups is 1. The average molecular weight is 284 g/mol. The van der Waals surface area contributed by atoms with E-state index in [-0.39, 0.29) is 12.0 Å². The number of methoxy groups -OCH3 is 1. The summed E-state index contributed by atoms with van der Waals surface area (Å²) < 4.78 is 4.89. The minimum absolute atomic E-state index is 0.130. The van der Waals surface area contributed by atoms with E-state index in [9.17, 15) is 4.79 Å². The second-order valence-corrected chi connectivity index (χ2v) is 6.05. The Hall–Kier alpha value is -0.610. The molecule has 1 heterocycles. The molecule has 4 nitrogen and oxygen atoms in total. The van der Waals surface area contributed by atoms with E-state index < -0.39 is 0 Å². The fourth-order valence-corrected chi connectivity index (χ4v) is 3.12. The summed E-state index contributed by atoms with van der Waals surface area (Å²) >= 11 is 0. The van der Waals surface area contributed by atoms with Crippen LogP contribution in [0.4, 0.5) is 0 Å². The topological polar surface area (TPSA) is 41.6 Å². The number of likely N-dealkylation sites (tertiary alicyclic amines) is 1. The molecular weight excluding hydrogens is 252 g/mol. The van der Waals surface area contributed by atoms with Gasteiger partial charge >= 0.3 is 5.97 Å². The van der Waals surface area contributed by atoms with Gasteiger partial charge in [0.05, 0.1) is 7.11 Å². The summed E-state index contributed by atoms with van der Waals surface area (Å²) in [6.07, 6.45) is 5.69. The Morgan fingerprint density at radius 3 is 2.55 bits per heavy atom. The van der Waals surface area contributed by atoms with E-state index in [0.717, 1.165) is 25.9 Å². The first-order valence-electron chi connectivity index (χ1n) is 8.14. The van der Waals surface area contributed by atoms with Crippen LogP contribution in [0.1, 0.15) is 52.9 Å². The number of esters is 1. The zero-order chi connectivity index (χ0) is 15.0. The predicted molar refractivity (Wildman–Crippen MR) is 82.8 cm³/mol. The van der Waals surface area contributed by atoms with Gasteiger partial charge in [-0.05, 0) is 50.6 Å². The van der Waals surface area contributed by atoms with Gasteiger partial charge in [-0.25, -0.2) is 0 Å². The summed E-state index contributed by atoms with van der Waals surface area (Å²) in [6.45, 7) is 10.9. The highest BCUT2D eigenvalue weighted by molar-refractivity contribution is 5.75. The van der Waals surface area contributed by atoms with E-state index in [1.807, 2.05) is 0 Å². The molecule has 0 spiro atoms. The largest absolute Gasteiger partial charge is 0.468 e. The Kier molecular flexibility index (Phi) is 7.52. The molecule has 1 atom stereocenters. The van der Waals surface area contributed by atoms with E-state index in [4.69, 9.17) is 4.74 Å². The molecule has 4 heteroatoms. The fourth-order valence-electron chi connectivity index (χ4n) is 3.12. The van der Waals surface area contributed by atoms with Gasteiger partial charge in [-0.15, -0.1) is 0 Å². The highest BCUT2D eigenvalue weighted by Crippen LogP contribution is 2.36.